The Hall–Kier alpha value is -2.97. The van der Waals surface area contributed by atoms with Gasteiger partial charge in [-0.15, -0.1) is 0 Å². The molecule has 3 atom stereocenters. The number of hydrogen-bond acceptors (Lipinski definition) is 6. The van der Waals surface area contributed by atoms with Crippen molar-refractivity contribution in [1.82, 2.24) is 25.6 Å². The molecule has 5 rings (SSSR count). The van der Waals surface area contributed by atoms with Gasteiger partial charge in [0, 0.05) is 51.2 Å². The lowest BCUT2D eigenvalue weighted by molar-refractivity contribution is -0.142. The number of rotatable bonds is 4. The first-order chi connectivity index (χ1) is 17.0. The Bertz CT molecular complexity index is 1050. The molecule has 2 amide bonds. The van der Waals surface area contributed by atoms with Gasteiger partial charge in [-0.2, -0.15) is 0 Å². The maximum atomic E-state index is 13.4. The number of aryl methyl sites for hydroxylation is 2. The number of piperazine rings is 1. The lowest BCUT2D eigenvalue weighted by Crippen LogP contribution is -2.54. The van der Waals surface area contributed by atoms with Crippen LogP contribution >= 0.6 is 0 Å². The van der Waals surface area contributed by atoms with E-state index in [9.17, 15) is 9.59 Å². The molecule has 1 aromatic heterocycles. The zero-order valence-electron chi connectivity index (χ0n) is 20.7. The number of nitrogens with one attached hydrogen (secondary N) is 2. The smallest absolute Gasteiger partial charge is 0.241 e. The van der Waals surface area contributed by atoms with Gasteiger partial charge in [-0.1, -0.05) is 18.2 Å². The van der Waals surface area contributed by atoms with E-state index in [2.05, 4.69) is 52.8 Å². The van der Waals surface area contributed by atoms with E-state index in [1.807, 2.05) is 28.0 Å². The molecule has 8 nitrogen and oxygen atoms in total. The number of amides is 2. The fraction of sp³-hybridized carbons (Fsp3) is 0.519. The third-order valence-corrected chi connectivity index (χ3v) is 7.63. The van der Waals surface area contributed by atoms with Gasteiger partial charge < -0.3 is 14.7 Å². The maximum absolute atomic E-state index is 13.4. The van der Waals surface area contributed by atoms with Crippen molar-refractivity contribution < 1.29 is 9.59 Å². The number of hydrazine groups is 1. The first-order valence-corrected chi connectivity index (χ1v) is 12.8. The van der Waals surface area contributed by atoms with Crippen LogP contribution in [0.4, 0.5) is 5.69 Å². The number of nitrogens with zero attached hydrogens (tertiary/aromatic N) is 4. The number of carbonyl (C=O) groups excluding carboxylic acids is 2. The maximum Gasteiger partial charge on any atom is 0.241 e. The Morgan fingerprint density at radius 2 is 1.77 bits per heavy atom. The normalized spacial score (nSPS) is 25.1. The molecule has 3 aliphatic heterocycles. The lowest BCUT2D eigenvalue weighted by Gasteiger charge is -2.40. The largest absolute Gasteiger partial charge is 0.368 e. The van der Waals surface area contributed by atoms with E-state index >= 15 is 0 Å². The van der Waals surface area contributed by atoms with Crippen LogP contribution in [-0.2, 0) is 9.59 Å². The van der Waals surface area contributed by atoms with Crippen LogP contribution in [0.15, 0.2) is 42.6 Å². The van der Waals surface area contributed by atoms with Crippen LogP contribution < -0.4 is 15.8 Å². The van der Waals surface area contributed by atoms with Crippen LogP contribution in [0.2, 0.25) is 0 Å². The molecule has 0 bridgehead atoms. The Balaban J connectivity index is 1.15. The van der Waals surface area contributed by atoms with Gasteiger partial charge in [-0.3, -0.25) is 14.6 Å². The SMILES string of the molecule is Cc1ccc(C)c(N2CCN(C(=O)C3CCCN(C(=O)C4CC(c5ccccn5)NN4)C3)CC2)c1. The number of anilines is 1. The number of likely N-dealkylation sites (tertiary alicyclic amines) is 1. The number of piperidine rings is 1. The van der Waals surface area contributed by atoms with E-state index in [4.69, 9.17) is 0 Å². The second-order valence-electron chi connectivity index (χ2n) is 10.1. The van der Waals surface area contributed by atoms with Crippen LogP contribution in [0.1, 0.15) is 42.1 Å². The van der Waals surface area contributed by atoms with Gasteiger partial charge in [0.1, 0.15) is 6.04 Å². The summed E-state index contributed by atoms with van der Waals surface area (Å²) in [7, 11) is 0. The molecular weight excluding hydrogens is 440 g/mol. The van der Waals surface area contributed by atoms with Crippen LogP contribution in [0.5, 0.6) is 0 Å². The molecule has 3 saturated heterocycles. The summed E-state index contributed by atoms with van der Waals surface area (Å²) in [5, 5.41) is 0. The first kappa shape index (κ1) is 23.8. The monoisotopic (exact) mass is 476 g/mol. The van der Waals surface area contributed by atoms with Gasteiger partial charge in [0.15, 0.2) is 0 Å². The highest BCUT2D eigenvalue weighted by Gasteiger charge is 2.37. The lowest BCUT2D eigenvalue weighted by atomic mass is 9.95. The van der Waals surface area contributed by atoms with Crippen LogP contribution in [0.25, 0.3) is 0 Å². The molecule has 1 aromatic carbocycles. The van der Waals surface area contributed by atoms with Crippen LogP contribution in [-0.4, -0.2) is 71.9 Å². The number of pyridine rings is 1. The van der Waals surface area contributed by atoms with Crippen molar-refractivity contribution >= 4 is 17.5 Å². The number of aromatic nitrogens is 1. The summed E-state index contributed by atoms with van der Waals surface area (Å²) in [5.41, 5.74) is 11.1. The standard InChI is InChI=1S/C27H36N6O2/c1-19-8-9-20(2)25(16-19)31-12-14-32(15-13-31)26(34)21-6-5-11-33(18-21)27(35)24-17-23(29-30-24)22-7-3-4-10-28-22/h3-4,7-10,16,21,23-24,29-30H,5-6,11-15,17-18H2,1-2H3. The van der Waals surface area contributed by atoms with Crippen molar-refractivity contribution in [2.45, 2.75) is 45.2 Å². The van der Waals surface area contributed by atoms with Gasteiger partial charge in [0.25, 0.3) is 0 Å². The minimum Gasteiger partial charge on any atom is -0.368 e. The Morgan fingerprint density at radius 1 is 0.943 bits per heavy atom. The van der Waals surface area contributed by atoms with Crippen molar-refractivity contribution in [3.8, 4) is 0 Å². The molecule has 0 spiro atoms. The first-order valence-electron chi connectivity index (χ1n) is 12.8. The quantitative estimate of drug-likeness (QED) is 0.704. The van der Waals surface area contributed by atoms with Crippen LogP contribution in [0, 0.1) is 19.8 Å². The highest BCUT2D eigenvalue weighted by molar-refractivity contribution is 5.84. The van der Waals surface area contributed by atoms with Gasteiger partial charge in [0.05, 0.1) is 17.7 Å². The summed E-state index contributed by atoms with van der Waals surface area (Å²) < 4.78 is 0. The number of benzene rings is 1. The molecule has 186 valence electrons. The Morgan fingerprint density at radius 3 is 2.54 bits per heavy atom. The Kier molecular flexibility index (Phi) is 7.02. The summed E-state index contributed by atoms with van der Waals surface area (Å²) >= 11 is 0. The van der Waals surface area contributed by atoms with E-state index in [0.29, 0.717) is 13.0 Å². The van der Waals surface area contributed by atoms with Gasteiger partial charge in [0.2, 0.25) is 11.8 Å². The minimum atomic E-state index is -0.294. The molecule has 0 aliphatic carbocycles. The molecule has 3 fully saturated rings. The van der Waals surface area contributed by atoms with Crippen LogP contribution in [0.3, 0.4) is 0 Å². The van der Waals surface area contributed by atoms with Crippen molar-refractivity contribution in [2.75, 3.05) is 44.2 Å². The second-order valence-corrected chi connectivity index (χ2v) is 10.1. The van der Waals surface area contributed by atoms with E-state index in [1.165, 1.54) is 16.8 Å². The van der Waals surface area contributed by atoms with Gasteiger partial charge >= 0.3 is 0 Å². The molecule has 35 heavy (non-hydrogen) atoms. The van der Waals surface area contributed by atoms with E-state index in [-0.39, 0.29) is 29.8 Å². The zero-order chi connectivity index (χ0) is 24.4. The highest BCUT2D eigenvalue weighted by Crippen LogP contribution is 2.26. The third kappa shape index (κ3) is 5.18. The number of hydrogen-bond donors (Lipinski definition) is 2. The summed E-state index contributed by atoms with van der Waals surface area (Å²) in [6.07, 6.45) is 4.15. The van der Waals surface area contributed by atoms with Crippen molar-refractivity contribution in [3.63, 3.8) is 0 Å². The molecule has 2 N–H and O–H groups in total. The zero-order valence-corrected chi connectivity index (χ0v) is 20.7. The molecule has 8 heteroatoms. The average molecular weight is 477 g/mol. The van der Waals surface area contributed by atoms with Gasteiger partial charge in [-0.25, -0.2) is 10.9 Å². The molecular formula is C27H36N6O2. The molecule has 0 radical (unpaired) electrons. The van der Waals surface area contributed by atoms with E-state index < -0.39 is 0 Å². The topological polar surface area (TPSA) is 80.8 Å². The molecule has 3 unspecified atom stereocenters. The predicted molar refractivity (Wildman–Crippen MR) is 136 cm³/mol. The van der Waals surface area contributed by atoms with Crippen molar-refractivity contribution in [1.29, 1.82) is 0 Å². The molecule has 3 aliphatic rings. The summed E-state index contributed by atoms with van der Waals surface area (Å²) in [5.74, 6) is 0.168. The molecule has 4 heterocycles. The third-order valence-electron chi connectivity index (χ3n) is 7.63. The summed E-state index contributed by atoms with van der Waals surface area (Å²) in [4.78, 5) is 37.3. The van der Waals surface area contributed by atoms with Crippen molar-refractivity contribution in [2.24, 2.45) is 5.92 Å². The fourth-order valence-electron chi connectivity index (χ4n) is 5.58. The highest BCUT2D eigenvalue weighted by atomic mass is 16.2. The number of carbonyl (C=O) groups is 2. The second kappa shape index (κ2) is 10.3. The summed E-state index contributed by atoms with van der Waals surface area (Å²) in [6.45, 7) is 8.65. The van der Waals surface area contributed by atoms with E-state index in [0.717, 1.165) is 51.3 Å². The minimum absolute atomic E-state index is 0.0145. The fourth-order valence-corrected chi connectivity index (χ4v) is 5.58. The molecule has 2 aromatic rings. The van der Waals surface area contributed by atoms with E-state index in [1.54, 1.807) is 6.20 Å². The Labute approximate surface area is 207 Å². The van der Waals surface area contributed by atoms with Crippen molar-refractivity contribution in [3.05, 3.63) is 59.4 Å². The predicted octanol–water partition coefficient (Wildman–Crippen LogP) is 2.19. The van der Waals surface area contributed by atoms with Gasteiger partial charge in [-0.05, 0) is 62.4 Å². The summed E-state index contributed by atoms with van der Waals surface area (Å²) in [6, 6.07) is 12.1. The molecule has 0 saturated carbocycles. The average Bonchev–Trinajstić information content (AvgIpc) is 3.40.